The van der Waals surface area contributed by atoms with Crippen molar-refractivity contribution in [2.75, 3.05) is 0 Å². The lowest BCUT2D eigenvalue weighted by molar-refractivity contribution is -0.139. The number of esters is 1. The topological polar surface area (TPSA) is 83.0 Å². The number of carbonyl (C=O) groups is 1. The van der Waals surface area contributed by atoms with Gasteiger partial charge in [-0.15, -0.1) is 10.2 Å². The number of hydrogen-bond acceptors (Lipinski definition) is 6. The van der Waals surface area contributed by atoms with Gasteiger partial charge in [0.05, 0.1) is 11.4 Å². The minimum absolute atomic E-state index is 0.114. The normalized spacial score (nSPS) is 11.1. The van der Waals surface area contributed by atoms with Crippen LogP contribution in [-0.4, -0.2) is 25.9 Å². The van der Waals surface area contributed by atoms with Crippen molar-refractivity contribution in [1.29, 1.82) is 0 Å². The van der Waals surface area contributed by atoms with E-state index < -0.39 is 5.97 Å². The quantitative estimate of drug-likeness (QED) is 0.229. The fourth-order valence-electron chi connectivity index (χ4n) is 3.51. The Morgan fingerprint density at radius 3 is 2.37 bits per heavy atom. The van der Waals surface area contributed by atoms with Gasteiger partial charge in [0.15, 0.2) is 6.61 Å². The van der Waals surface area contributed by atoms with Crippen LogP contribution in [0.3, 0.4) is 0 Å². The molecule has 0 bridgehead atoms. The molecular formula is C28H22N4O3. The third-order valence-corrected chi connectivity index (χ3v) is 5.31. The van der Waals surface area contributed by atoms with Gasteiger partial charge in [0.2, 0.25) is 5.89 Å². The molecule has 0 fully saturated rings. The number of aryl methyl sites for hydroxylation is 1. The standard InChI is InChI=1S/C28H22N4O3/c1-20-12-14-21(15-13-20)27-23(18-32(31-27)24-10-6-3-7-11-24)16-17-26(33)34-19-25-29-30-28(35-25)22-8-4-2-5-9-22/h2-18H,19H2,1H3/b17-16+. The van der Waals surface area contributed by atoms with Crippen molar-refractivity contribution >= 4 is 12.0 Å². The van der Waals surface area contributed by atoms with E-state index in [1.807, 2.05) is 98.0 Å². The largest absolute Gasteiger partial charge is 0.452 e. The van der Waals surface area contributed by atoms with Crippen LogP contribution in [0.2, 0.25) is 0 Å². The molecule has 0 radical (unpaired) electrons. The molecule has 35 heavy (non-hydrogen) atoms. The summed E-state index contributed by atoms with van der Waals surface area (Å²) in [4.78, 5) is 12.4. The maximum atomic E-state index is 12.4. The zero-order valence-electron chi connectivity index (χ0n) is 19.0. The fourth-order valence-corrected chi connectivity index (χ4v) is 3.51. The lowest BCUT2D eigenvalue weighted by atomic mass is 10.1. The first-order chi connectivity index (χ1) is 17.2. The zero-order valence-corrected chi connectivity index (χ0v) is 19.0. The first-order valence-corrected chi connectivity index (χ1v) is 11.1. The number of hydrogen-bond donors (Lipinski definition) is 0. The lowest BCUT2D eigenvalue weighted by Gasteiger charge is -2.01. The van der Waals surface area contributed by atoms with E-state index in [2.05, 4.69) is 10.2 Å². The first-order valence-electron chi connectivity index (χ1n) is 11.1. The third-order valence-electron chi connectivity index (χ3n) is 5.31. The molecule has 0 unspecified atom stereocenters. The van der Waals surface area contributed by atoms with Crippen LogP contribution in [0, 0.1) is 6.92 Å². The van der Waals surface area contributed by atoms with Crippen LogP contribution in [0.4, 0.5) is 0 Å². The molecule has 2 aromatic heterocycles. The van der Waals surface area contributed by atoms with E-state index in [1.165, 1.54) is 6.08 Å². The molecule has 0 aliphatic heterocycles. The summed E-state index contributed by atoms with van der Waals surface area (Å²) in [6.07, 6.45) is 4.96. The van der Waals surface area contributed by atoms with Gasteiger partial charge >= 0.3 is 5.97 Å². The van der Waals surface area contributed by atoms with E-state index in [9.17, 15) is 4.79 Å². The number of rotatable bonds is 7. The van der Waals surface area contributed by atoms with Gasteiger partial charge in [-0.25, -0.2) is 9.48 Å². The summed E-state index contributed by atoms with van der Waals surface area (Å²) in [6, 6.07) is 27.3. The minimum atomic E-state index is -0.522. The van der Waals surface area contributed by atoms with Crippen molar-refractivity contribution in [2.24, 2.45) is 0 Å². The molecule has 0 saturated carbocycles. The summed E-state index contributed by atoms with van der Waals surface area (Å²) in [5.41, 5.74) is 5.40. The van der Waals surface area contributed by atoms with Crippen LogP contribution in [0.25, 0.3) is 34.5 Å². The molecule has 0 aliphatic carbocycles. The van der Waals surface area contributed by atoms with Crippen molar-refractivity contribution in [3.63, 3.8) is 0 Å². The molecule has 0 amide bonds. The minimum Gasteiger partial charge on any atom is -0.452 e. The average molecular weight is 463 g/mol. The number of nitrogens with zero attached hydrogens (tertiary/aromatic N) is 4. The van der Waals surface area contributed by atoms with Gasteiger partial charge in [-0.3, -0.25) is 0 Å². The number of para-hydroxylation sites is 1. The number of benzene rings is 3. The molecule has 7 heteroatoms. The highest BCUT2D eigenvalue weighted by Gasteiger charge is 2.12. The Hall–Kier alpha value is -4.78. The summed E-state index contributed by atoms with van der Waals surface area (Å²) in [5, 5.41) is 12.7. The summed E-state index contributed by atoms with van der Waals surface area (Å²) >= 11 is 0. The highest BCUT2D eigenvalue weighted by atomic mass is 16.5. The van der Waals surface area contributed by atoms with Gasteiger partial charge < -0.3 is 9.15 Å². The second-order valence-electron chi connectivity index (χ2n) is 7.89. The van der Waals surface area contributed by atoms with E-state index >= 15 is 0 Å². The average Bonchev–Trinajstić information content (AvgIpc) is 3.55. The molecule has 172 valence electrons. The first kappa shape index (κ1) is 22.0. The van der Waals surface area contributed by atoms with Crippen LogP contribution in [0.5, 0.6) is 0 Å². The molecule has 2 heterocycles. The van der Waals surface area contributed by atoms with E-state index in [0.717, 1.165) is 33.6 Å². The molecule has 3 aromatic carbocycles. The van der Waals surface area contributed by atoms with Gasteiger partial charge in [0, 0.05) is 29.0 Å². The van der Waals surface area contributed by atoms with E-state index in [-0.39, 0.29) is 12.5 Å². The molecular weight excluding hydrogens is 440 g/mol. The molecule has 5 aromatic rings. The van der Waals surface area contributed by atoms with Crippen LogP contribution >= 0.6 is 0 Å². The Bertz CT molecular complexity index is 1450. The predicted octanol–water partition coefficient (Wildman–Crippen LogP) is 5.65. The fraction of sp³-hybridized carbons (Fsp3) is 0.0714. The van der Waals surface area contributed by atoms with Crippen molar-refractivity contribution in [3.05, 3.63) is 114 Å². The van der Waals surface area contributed by atoms with Gasteiger partial charge in [-0.2, -0.15) is 5.10 Å². The van der Waals surface area contributed by atoms with Gasteiger partial charge in [-0.05, 0) is 37.3 Å². The van der Waals surface area contributed by atoms with Crippen LogP contribution in [0.15, 0.2) is 102 Å². The monoisotopic (exact) mass is 462 g/mol. The van der Waals surface area contributed by atoms with Crippen molar-refractivity contribution in [2.45, 2.75) is 13.5 Å². The molecule has 0 spiro atoms. The summed E-state index contributed by atoms with van der Waals surface area (Å²) in [7, 11) is 0. The molecule has 7 nitrogen and oxygen atoms in total. The Labute approximate surface area is 202 Å². The molecule has 5 rings (SSSR count). The van der Waals surface area contributed by atoms with Gasteiger partial charge in [0.1, 0.15) is 0 Å². The summed E-state index contributed by atoms with van der Waals surface area (Å²) < 4.78 is 12.7. The Morgan fingerprint density at radius 2 is 1.63 bits per heavy atom. The highest BCUT2D eigenvalue weighted by Crippen LogP contribution is 2.25. The second-order valence-corrected chi connectivity index (χ2v) is 7.89. The maximum absolute atomic E-state index is 12.4. The maximum Gasteiger partial charge on any atom is 0.331 e. The van der Waals surface area contributed by atoms with Crippen molar-refractivity contribution in [1.82, 2.24) is 20.0 Å². The van der Waals surface area contributed by atoms with Gasteiger partial charge in [-0.1, -0.05) is 66.2 Å². The van der Waals surface area contributed by atoms with E-state index in [1.54, 1.807) is 10.8 Å². The zero-order chi connectivity index (χ0) is 24.0. The lowest BCUT2D eigenvalue weighted by Crippen LogP contribution is -2.01. The summed E-state index contributed by atoms with van der Waals surface area (Å²) in [6.45, 7) is 1.92. The van der Waals surface area contributed by atoms with E-state index in [4.69, 9.17) is 14.3 Å². The molecule has 0 saturated heterocycles. The molecule has 0 aliphatic rings. The van der Waals surface area contributed by atoms with Crippen molar-refractivity contribution in [3.8, 4) is 28.4 Å². The number of aromatic nitrogens is 4. The number of ether oxygens (including phenoxy) is 1. The predicted molar refractivity (Wildman–Crippen MR) is 132 cm³/mol. The summed E-state index contributed by atoms with van der Waals surface area (Å²) in [5.74, 6) is 0.0814. The third kappa shape index (κ3) is 5.25. The molecule has 0 N–H and O–H groups in total. The van der Waals surface area contributed by atoms with Crippen LogP contribution in [-0.2, 0) is 16.1 Å². The van der Waals surface area contributed by atoms with Crippen LogP contribution < -0.4 is 0 Å². The van der Waals surface area contributed by atoms with E-state index in [0.29, 0.717) is 5.89 Å². The Balaban J connectivity index is 1.32. The van der Waals surface area contributed by atoms with Crippen LogP contribution in [0.1, 0.15) is 17.0 Å². The Kier molecular flexibility index (Phi) is 6.30. The Morgan fingerprint density at radius 1 is 0.914 bits per heavy atom. The second kappa shape index (κ2) is 10.0. The van der Waals surface area contributed by atoms with Gasteiger partial charge in [0.25, 0.3) is 5.89 Å². The van der Waals surface area contributed by atoms with Crippen molar-refractivity contribution < 1.29 is 13.9 Å². The highest BCUT2D eigenvalue weighted by molar-refractivity contribution is 5.88. The molecule has 0 atom stereocenters. The number of carbonyl (C=O) groups excluding carboxylic acids is 1. The SMILES string of the molecule is Cc1ccc(-c2nn(-c3ccccc3)cc2/C=C/C(=O)OCc2nnc(-c3ccccc3)o2)cc1. The smallest absolute Gasteiger partial charge is 0.331 e.